The predicted molar refractivity (Wildman–Crippen MR) is 118 cm³/mol. The highest BCUT2D eigenvalue weighted by atomic mass is 16.5. The van der Waals surface area contributed by atoms with Gasteiger partial charge in [0.15, 0.2) is 0 Å². The number of nitriles is 1. The van der Waals surface area contributed by atoms with Crippen LogP contribution < -0.4 is 14.8 Å². The summed E-state index contributed by atoms with van der Waals surface area (Å²) in [5, 5.41) is 12.7. The van der Waals surface area contributed by atoms with Gasteiger partial charge in [0.2, 0.25) is 5.88 Å². The third-order valence-electron chi connectivity index (χ3n) is 6.53. The molecule has 1 aromatic carbocycles. The number of ether oxygens (including phenoxy) is 2. The van der Waals surface area contributed by atoms with Crippen LogP contribution in [-0.2, 0) is 4.79 Å². The molecule has 1 saturated carbocycles. The van der Waals surface area contributed by atoms with E-state index < -0.39 is 5.92 Å². The van der Waals surface area contributed by atoms with Crippen LogP contribution in [0.15, 0.2) is 35.7 Å². The van der Waals surface area contributed by atoms with E-state index >= 15 is 0 Å². The van der Waals surface area contributed by atoms with Crippen LogP contribution in [0, 0.1) is 23.7 Å². The minimum absolute atomic E-state index is 0.169. The van der Waals surface area contributed by atoms with Crippen LogP contribution in [0.2, 0.25) is 0 Å². The number of nitrogens with zero attached hydrogens (tertiary/aromatic N) is 2. The van der Waals surface area contributed by atoms with Gasteiger partial charge in [0.25, 0.3) is 0 Å². The Hall–Kier alpha value is -3.33. The predicted octanol–water partition coefficient (Wildman–Crippen LogP) is 4.87. The summed E-state index contributed by atoms with van der Waals surface area (Å²) in [4.78, 5) is 16.8. The summed E-state index contributed by atoms with van der Waals surface area (Å²) in [5.41, 5.74) is 5.56. The zero-order valence-electron chi connectivity index (χ0n) is 18.4. The van der Waals surface area contributed by atoms with E-state index in [0.29, 0.717) is 29.4 Å². The first-order valence-electron chi connectivity index (χ1n) is 10.5. The van der Waals surface area contributed by atoms with Gasteiger partial charge in [0, 0.05) is 34.4 Å². The Bertz CT molecular complexity index is 1110. The van der Waals surface area contributed by atoms with Crippen molar-refractivity contribution < 1.29 is 14.3 Å². The number of benzene rings is 1. The van der Waals surface area contributed by atoms with Crippen LogP contribution >= 0.6 is 0 Å². The molecule has 1 atom stereocenters. The van der Waals surface area contributed by atoms with Crippen LogP contribution in [0.3, 0.4) is 0 Å². The van der Waals surface area contributed by atoms with Crippen molar-refractivity contribution in [2.75, 3.05) is 19.0 Å². The Labute approximate surface area is 182 Å². The lowest BCUT2D eigenvalue weighted by molar-refractivity contribution is -0.105. The first-order chi connectivity index (χ1) is 14.9. The maximum Gasteiger partial charge on any atom is 0.219 e. The third kappa shape index (κ3) is 3.65. The second-order valence-electron chi connectivity index (χ2n) is 8.81. The summed E-state index contributed by atoms with van der Waals surface area (Å²) in [5.74, 6) is 0.681. The number of aryl methyl sites for hydroxylation is 1. The Balaban J connectivity index is 1.88. The van der Waals surface area contributed by atoms with E-state index in [4.69, 9.17) is 9.47 Å². The number of carbonyl (C=O) groups excluding carboxylic acids is 1. The second-order valence-corrected chi connectivity index (χ2v) is 8.81. The molecule has 6 nitrogen and oxygen atoms in total. The fourth-order valence-electron chi connectivity index (χ4n) is 4.46. The Morgan fingerprint density at radius 2 is 2.13 bits per heavy atom. The van der Waals surface area contributed by atoms with E-state index in [2.05, 4.69) is 23.3 Å². The van der Waals surface area contributed by atoms with Gasteiger partial charge >= 0.3 is 0 Å². The average Bonchev–Trinajstić information content (AvgIpc) is 2.76. The monoisotopic (exact) mass is 417 g/mol. The molecule has 4 rings (SSSR count). The molecule has 1 aliphatic heterocycles. The summed E-state index contributed by atoms with van der Waals surface area (Å²) in [7, 11) is 1.57. The highest BCUT2D eigenvalue weighted by Gasteiger charge is 2.37. The molecule has 160 valence electrons. The minimum atomic E-state index is -0.409. The van der Waals surface area contributed by atoms with E-state index in [0.717, 1.165) is 47.2 Å². The normalized spacial score (nSPS) is 18.9. The van der Waals surface area contributed by atoms with Gasteiger partial charge in [-0.3, -0.25) is 4.79 Å². The van der Waals surface area contributed by atoms with E-state index in [1.807, 2.05) is 19.9 Å². The number of aldehydes is 1. The van der Waals surface area contributed by atoms with Gasteiger partial charge in [0.05, 0.1) is 36.6 Å². The molecule has 1 unspecified atom stereocenters. The van der Waals surface area contributed by atoms with Crippen LogP contribution in [0.1, 0.15) is 61.3 Å². The van der Waals surface area contributed by atoms with Crippen LogP contribution in [0.5, 0.6) is 11.6 Å². The quantitative estimate of drug-likeness (QED) is 0.675. The van der Waals surface area contributed by atoms with Crippen molar-refractivity contribution in [1.29, 1.82) is 5.26 Å². The fraction of sp³-hybridized carbons (Fsp3) is 0.400. The summed E-state index contributed by atoms with van der Waals surface area (Å²) < 4.78 is 11.9. The van der Waals surface area contributed by atoms with Crippen LogP contribution in [0.25, 0.3) is 0 Å². The summed E-state index contributed by atoms with van der Waals surface area (Å²) in [6.07, 6.45) is 6.20. The molecule has 0 bridgehead atoms. The number of hydrogen-bond donors (Lipinski definition) is 1. The van der Waals surface area contributed by atoms with Crippen molar-refractivity contribution in [1.82, 2.24) is 4.98 Å². The molecule has 1 fully saturated rings. The molecule has 2 aromatic rings. The lowest BCUT2D eigenvalue weighted by atomic mass is 9.71. The molecule has 0 saturated heterocycles. The maximum absolute atomic E-state index is 12.2. The molecule has 2 heterocycles. The van der Waals surface area contributed by atoms with Crippen molar-refractivity contribution >= 4 is 12.0 Å². The van der Waals surface area contributed by atoms with E-state index in [1.54, 1.807) is 25.4 Å². The van der Waals surface area contributed by atoms with Gasteiger partial charge in [-0.2, -0.15) is 5.26 Å². The van der Waals surface area contributed by atoms with Gasteiger partial charge in [0.1, 0.15) is 12.0 Å². The number of hydrogen-bond acceptors (Lipinski definition) is 6. The number of aromatic nitrogens is 1. The molecule has 0 radical (unpaired) electrons. The van der Waals surface area contributed by atoms with Crippen molar-refractivity contribution in [3.63, 3.8) is 0 Å². The number of carbonyl (C=O) groups is 1. The van der Waals surface area contributed by atoms with Gasteiger partial charge in [-0.15, -0.1) is 0 Å². The molecule has 1 aromatic heterocycles. The van der Waals surface area contributed by atoms with Crippen molar-refractivity contribution in [3.05, 3.63) is 57.9 Å². The molecular formula is C25H27N3O3. The van der Waals surface area contributed by atoms with Crippen LogP contribution in [0.4, 0.5) is 5.69 Å². The zero-order chi connectivity index (χ0) is 22.2. The molecule has 1 aliphatic carbocycles. The molecule has 31 heavy (non-hydrogen) atoms. The number of fused-ring (bicyclic) bond motifs is 1. The number of anilines is 1. The molecule has 6 heteroatoms. The molecule has 1 N–H and O–H groups in total. The van der Waals surface area contributed by atoms with Crippen LogP contribution in [-0.4, -0.2) is 25.0 Å². The first kappa shape index (κ1) is 20.9. The summed E-state index contributed by atoms with van der Waals surface area (Å²) in [6, 6.07) is 7.45. The highest BCUT2D eigenvalue weighted by molar-refractivity contribution is 5.86. The Morgan fingerprint density at radius 3 is 2.74 bits per heavy atom. The summed E-state index contributed by atoms with van der Waals surface area (Å²) in [6.45, 7) is 6.71. The topological polar surface area (TPSA) is 84.2 Å². The maximum atomic E-state index is 12.2. The number of allylic oxidation sites excluding steroid dienone is 2. The van der Waals surface area contributed by atoms with Crippen molar-refractivity contribution in [2.45, 2.75) is 46.0 Å². The molecule has 0 spiro atoms. The summed E-state index contributed by atoms with van der Waals surface area (Å²) >= 11 is 0. The SMILES string of the molecule is COc1cc(C#N)ccc1C1C(C=O)=C(C)Nc2c(C)cnc(OCC3(C)CCC3)c21. The zero-order valence-corrected chi connectivity index (χ0v) is 18.4. The van der Waals surface area contributed by atoms with Gasteiger partial charge < -0.3 is 14.8 Å². The van der Waals surface area contributed by atoms with Gasteiger partial charge in [-0.1, -0.05) is 19.4 Å². The van der Waals surface area contributed by atoms with E-state index in [-0.39, 0.29) is 5.41 Å². The largest absolute Gasteiger partial charge is 0.496 e. The smallest absolute Gasteiger partial charge is 0.219 e. The molecular weight excluding hydrogens is 390 g/mol. The Kier molecular flexibility index (Phi) is 5.45. The Morgan fingerprint density at radius 1 is 1.35 bits per heavy atom. The first-order valence-corrected chi connectivity index (χ1v) is 10.5. The lowest BCUT2D eigenvalue weighted by Crippen LogP contribution is -2.33. The molecule has 0 amide bonds. The van der Waals surface area contributed by atoms with Gasteiger partial charge in [-0.05, 0) is 44.4 Å². The lowest BCUT2D eigenvalue weighted by Gasteiger charge is -2.38. The third-order valence-corrected chi connectivity index (χ3v) is 6.53. The number of rotatable bonds is 6. The number of pyridine rings is 1. The number of nitrogens with one attached hydrogen (secondary N) is 1. The standard InChI is InChI=1S/C25H27N3O3/c1-15-12-27-24(31-14-25(3)8-5-9-25)22-21(19(13-29)16(2)28-23(15)22)18-7-6-17(11-26)10-20(18)30-4/h6-7,10,12-13,21,28H,5,8-9,14H2,1-4H3. The highest BCUT2D eigenvalue weighted by Crippen LogP contribution is 2.49. The van der Waals surface area contributed by atoms with E-state index in [1.165, 1.54) is 6.42 Å². The fourth-order valence-corrected chi connectivity index (χ4v) is 4.46. The average molecular weight is 418 g/mol. The number of methoxy groups -OCH3 is 1. The minimum Gasteiger partial charge on any atom is -0.496 e. The van der Waals surface area contributed by atoms with Gasteiger partial charge in [-0.25, -0.2) is 4.98 Å². The van der Waals surface area contributed by atoms with Crippen molar-refractivity contribution in [2.24, 2.45) is 5.41 Å². The van der Waals surface area contributed by atoms with E-state index in [9.17, 15) is 10.1 Å². The second kappa shape index (κ2) is 8.07. The molecule has 2 aliphatic rings. The van der Waals surface area contributed by atoms with Crippen molar-refractivity contribution in [3.8, 4) is 17.7 Å².